The summed E-state index contributed by atoms with van der Waals surface area (Å²) < 4.78 is 12.1. The van der Waals surface area contributed by atoms with Crippen LogP contribution in [0, 0.1) is 5.41 Å². The summed E-state index contributed by atoms with van der Waals surface area (Å²) in [6.45, 7) is 5.67. The molecule has 0 saturated carbocycles. The van der Waals surface area contributed by atoms with Crippen molar-refractivity contribution in [2.45, 2.75) is 25.9 Å². The van der Waals surface area contributed by atoms with Gasteiger partial charge in [-0.05, 0) is 31.4 Å². The number of ether oxygens (including phenoxy) is 2. The van der Waals surface area contributed by atoms with Crippen molar-refractivity contribution in [2.75, 3.05) is 33.4 Å². The second-order valence-corrected chi connectivity index (χ2v) is 6.42. The first-order valence-electron chi connectivity index (χ1n) is 7.22. The molecule has 1 aliphatic rings. The highest BCUT2D eigenvalue weighted by molar-refractivity contribution is 9.10. The lowest BCUT2D eigenvalue weighted by Crippen LogP contribution is -2.42. The van der Waals surface area contributed by atoms with Crippen LogP contribution < -0.4 is 5.32 Å². The Morgan fingerprint density at radius 1 is 1.45 bits per heavy atom. The molecule has 0 aromatic heterocycles. The first-order valence-corrected chi connectivity index (χ1v) is 8.02. The highest BCUT2D eigenvalue weighted by atomic mass is 79.9. The zero-order valence-corrected chi connectivity index (χ0v) is 13.9. The normalized spacial score (nSPS) is 26.1. The highest BCUT2D eigenvalue weighted by Gasteiger charge is 2.41. The Morgan fingerprint density at radius 3 is 2.90 bits per heavy atom. The maximum absolute atomic E-state index is 5.85. The van der Waals surface area contributed by atoms with Crippen molar-refractivity contribution in [3.63, 3.8) is 0 Å². The average molecular weight is 342 g/mol. The molecule has 1 fully saturated rings. The van der Waals surface area contributed by atoms with Crippen molar-refractivity contribution in [2.24, 2.45) is 5.41 Å². The molecule has 0 radical (unpaired) electrons. The predicted molar refractivity (Wildman–Crippen MR) is 85.1 cm³/mol. The molecule has 3 nitrogen and oxygen atoms in total. The maximum Gasteiger partial charge on any atom is 0.0619 e. The number of hydrogen-bond acceptors (Lipinski definition) is 3. The van der Waals surface area contributed by atoms with Gasteiger partial charge < -0.3 is 14.8 Å². The first-order chi connectivity index (χ1) is 9.68. The van der Waals surface area contributed by atoms with Crippen LogP contribution in [0.1, 0.15) is 18.9 Å². The molecule has 2 atom stereocenters. The number of nitrogens with one attached hydrogen (secondary N) is 1. The van der Waals surface area contributed by atoms with E-state index in [1.54, 1.807) is 7.11 Å². The molecular weight excluding hydrogens is 318 g/mol. The van der Waals surface area contributed by atoms with E-state index in [9.17, 15) is 0 Å². The summed E-state index contributed by atoms with van der Waals surface area (Å²) in [5.74, 6) is 0. The van der Waals surface area contributed by atoms with Crippen molar-refractivity contribution < 1.29 is 9.47 Å². The Labute approximate surface area is 130 Å². The molecule has 2 rings (SSSR count). The summed E-state index contributed by atoms with van der Waals surface area (Å²) in [4.78, 5) is 0. The molecule has 0 aliphatic carbocycles. The summed E-state index contributed by atoms with van der Waals surface area (Å²) >= 11 is 3.66. The predicted octanol–water partition coefficient (Wildman–Crippen LogP) is 3.02. The van der Waals surface area contributed by atoms with Crippen LogP contribution in [0.2, 0.25) is 0 Å². The lowest BCUT2D eigenvalue weighted by Gasteiger charge is -2.33. The highest BCUT2D eigenvalue weighted by Crippen LogP contribution is 2.39. The van der Waals surface area contributed by atoms with Gasteiger partial charge in [0.05, 0.1) is 12.7 Å². The van der Waals surface area contributed by atoms with Gasteiger partial charge in [-0.2, -0.15) is 0 Å². The van der Waals surface area contributed by atoms with E-state index in [2.05, 4.69) is 52.4 Å². The lowest BCUT2D eigenvalue weighted by atomic mass is 9.76. The van der Waals surface area contributed by atoms with E-state index in [-0.39, 0.29) is 11.5 Å². The van der Waals surface area contributed by atoms with Crippen molar-refractivity contribution in [3.05, 3.63) is 34.3 Å². The maximum atomic E-state index is 5.85. The van der Waals surface area contributed by atoms with Gasteiger partial charge in [0.2, 0.25) is 0 Å². The van der Waals surface area contributed by atoms with Crippen molar-refractivity contribution in [1.29, 1.82) is 0 Å². The van der Waals surface area contributed by atoms with E-state index < -0.39 is 0 Å². The zero-order chi connectivity index (χ0) is 14.4. The summed E-state index contributed by atoms with van der Waals surface area (Å²) in [5.41, 5.74) is 1.54. The van der Waals surface area contributed by atoms with Gasteiger partial charge in [-0.15, -0.1) is 0 Å². The van der Waals surface area contributed by atoms with Crippen LogP contribution in [0.3, 0.4) is 0 Å². The minimum absolute atomic E-state index is 0.178. The van der Waals surface area contributed by atoms with Crippen LogP contribution in [-0.4, -0.2) is 39.5 Å². The topological polar surface area (TPSA) is 30.5 Å². The zero-order valence-electron chi connectivity index (χ0n) is 12.3. The van der Waals surface area contributed by atoms with E-state index >= 15 is 0 Å². The van der Waals surface area contributed by atoms with Crippen LogP contribution in [0.5, 0.6) is 0 Å². The first kappa shape index (κ1) is 16.0. The Bertz CT molecular complexity index is 427. The van der Waals surface area contributed by atoms with Crippen LogP contribution in [0.25, 0.3) is 0 Å². The number of methoxy groups -OCH3 is 1. The summed E-state index contributed by atoms with van der Waals surface area (Å²) in [5, 5.41) is 3.52. The van der Waals surface area contributed by atoms with Crippen LogP contribution in [0.15, 0.2) is 28.7 Å². The molecule has 112 valence electrons. The lowest BCUT2D eigenvalue weighted by molar-refractivity contribution is 0.0619. The van der Waals surface area contributed by atoms with Crippen molar-refractivity contribution in [3.8, 4) is 0 Å². The number of rotatable bonds is 7. The molecule has 4 heteroatoms. The summed E-state index contributed by atoms with van der Waals surface area (Å²) in [6.07, 6.45) is 2.43. The smallest absolute Gasteiger partial charge is 0.0619 e. The summed E-state index contributed by atoms with van der Waals surface area (Å²) in [6, 6.07) is 8.48. The van der Waals surface area contributed by atoms with Gasteiger partial charge in [0.15, 0.2) is 0 Å². The van der Waals surface area contributed by atoms with Gasteiger partial charge in [0, 0.05) is 36.7 Å². The monoisotopic (exact) mass is 341 g/mol. The molecule has 0 amide bonds. The summed E-state index contributed by atoms with van der Waals surface area (Å²) in [7, 11) is 1.74. The largest absolute Gasteiger partial charge is 0.383 e. The molecule has 20 heavy (non-hydrogen) atoms. The van der Waals surface area contributed by atoms with Crippen LogP contribution in [-0.2, 0) is 15.9 Å². The van der Waals surface area contributed by atoms with Crippen molar-refractivity contribution >= 4 is 15.9 Å². The molecule has 1 aromatic carbocycles. The molecule has 1 aromatic rings. The standard InChI is InChI=1S/C16H24BrNO2/c1-13-16(7-9-20-13,12-18-8-10-19-2)11-14-5-3-4-6-15(14)17/h3-6,13,18H,7-12H2,1-2H3. The fraction of sp³-hybridized carbons (Fsp3) is 0.625. The number of hydrogen-bond donors (Lipinski definition) is 1. The Morgan fingerprint density at radius 2 is 2.25 bits per heavy atom. The van der Waals surface area contributed by atoms with Gasteiger partial charge in [0.1, 0.15) is 0 Å². The van der Waals surface area contributed by atoms with E-state index in [0.29, 0.717) is 0 Å². The van der Waals surface area contributed by atoms with Gasteiger partial charge in [-0.1, -0.05) is 34.1 Å². The third kappa shape index (κ3) is 3.82. The molecule has 1 heterocycles. The fourth-order valence-electron chi connectivity index (χ4n) is 2.88. The van der Waals surface area contributed by atoms with E-state index in [1.807, 2.05) is 0 Å². The fourth-order valence-corrected chi connectivity index (χ4v) is 3.30. The second-order valence-electron chi connectivity index (χ2n) is 5.56. The Balaban J connectivity index is 2.06. The van der Waals surface area contributed by atoms with Crippen LogP contribution in [0.4, 0.5) is 0 Å². The number of halogens is 1. The number of benzene rings is 1. The third-order valence-corrected chi connectivity index (χ3v) is 5.06. The molecule has 1 saturated heterocycles. The molecule has 1 aliphatic heterocycles. The molecule has 1 N–H and O–H groups in total. The van der Waals surface area contributed by atoms with E-state index in [1.165, 1.54) is 10.0 Å². The molecule has 0 bridgehead atoms. The SMILES string of the molecule is COCCNCC1(Cc2ccccc2Br)CCOC1C. The van der Waals surface area contributed by atoms with Crippen LogP contribution >= 0.6 is 15.9 Å². The minimum Gasteiger partial charge on any atom is -0.383 e. The average Bonchev–Trinajstić information content (AvgIpc) is 2.79. The molecular formula is C16H24BrNO2. The third-order valence-electron chi connectivity index (χ3n) is 4.29. The van der Waals surface area contributed by atoms with Crippen molar-refractivity contribution in [1.82, 2.24) is 5.32 Å². The molecule has 2 unspecified atom stereocenters. The Hall–Kier alpha value is -0.420. The van der Waals surface area contributed by atoms with Gasteiger partial charge >= 0.3 is 0 Å². The minimum atomic E-state index is 0.178. The van der Waals surface area contributed by atoms with Gasteiger partial charge in [0.25, 0.3) is 0 Å². The quantitative estimate of drug-likeness (QED) is 0.773. The van der Waals surface area contributed by atoms with E-state index in [4.69, 9.17) is 9.47 Å². The second kappa shape index (κ2) is 7.55. The Kier molecular flexibility index (Phi) is 6.02. The van der Waals surface area contributed by atoms with Gasteiger partial charge in [-0.3, -0.25) is 0 Å². The van der Waals surface area contributed by atoms with Gasteiger partial charge in [-0.25, -0.2) is 0 Å². The van der Waals surface area contributed by atoms with E-state index in [0.717, 1.165) is 39.1 Å². The molecule has 0 spiro atoms.